The van der Waals surface area contributed by atoms with E-state index in [0.717, 1.165) is 18.2 Å². The Balaban J connectivity index is 1.62. The van der Waals surface area contributed by atoms with Crippen LogP contribution in [0.25, 0.3) is 11.5 Å². The van der Waals surface area contributed by atoms with Crippen molar-refractivity contribution in [3.05, 3.63) is 75.5 Å². The zero-order valence-electron chi connectivity index (χ0n) is 14.4. The van der Waals surface area contributed by atoms with Crippen molar-refractivity contribution in [2.75, 3.05) is 6.54 Å². The van der Waals surface area contributed by atoms with Crippen LogP contribution in [0.4, 0.5) is 8.78 Å². The fourth-order valence-electron chi connectivity index (χ4n) is 3.10. The summed E-state index contributed by atoms with van der Waals surface area (Å²) < 4.78 is 33.8. The Hall–Kier alpha value is -3.29. The number of hydrogen-bond donors (Lipinski definition) is 0. The minimum absolute atomic E-state index is 0.0827. The number of nitrogens with zero attached hydrogens (tertiary/aromatic N) is 3. The summed E-state index contributed by atoms with van der Waals surface area (Å²) in [6, 6.07) is 6.17. The van der Waals surface area contributed by atoms with Gasteiger partial charge >= 0.3 is 0 Å². The molecule has 0 bridgehead atoms. The Morgan fingerprint density at radius 1 is 1.22 bits per heavy atom. The van der Waals surface area contributed by atoms with Crippen LogP contribution < -0.4 is 5.56 Å². The predicted molar refractivity (Wildman–Crippen MR) is 92.0 cm³/mol. The van der Waals surface area contributed by atoms with Crippen LogP contribution in [0.15, 0.2) is 45.7 Å². The van der Waals surface area contributed by atoms with Crippen LogP contribution in [-0.4, -0.2) is 26.9 Å². The Bertz CT molecular complexity index is 1080. The van der Waals surface area contributed by atoms with E-state index in [2.05, 4.69) is 4.98 Å². The van der Waals surface area contributed by atoms with Crippen LogP contribution in [0.2, 0.25) is 0 Å². The van der Waals surface area contributed by atoms with Gasteiger partial charge in [0.15, 0.2) is 0 Å². The minimum atomic E-state index is -0.724. The van der Waals surface area contributed by atoms with Crippen molar-refractivity contribution in [3.8, 4) is 11.5 Å². The molecule has 0 aliphatic carbocycles. The van der Waals surface area contributed by atoms with E-state index in [4.69, 9.17) is 4.42 Å². The lowest BCUT2D eigenvalue weighted by atomic mass is 10.1. The van der Waals surface area contributed by atoms with Gasteiger partial charge < -0.3 is 13.9 Å². The summed E-state index contributed by atoms with van der Waals surface area (Å²) in [6.07, 6.45) is 1.98. The lowest BCUT2D eigenvalue weighted by Gasteiger charge is -2.25. The van der Waals surface area contributed by atoms with Gasteiger partial charge in [0.2, 0.25) is 5.89 Å². The molecule has 0 unspecified atom stereocenters. The van der Waals surface area contributed by atoms with E-state index in [1.807, 2.05) is 0 Å². The van der Waals surface area contributed by atoms with Crippen molar-refractivity contribution in [1.82, 2.24) is 14.5 Å². The maximum Gasteiger partial charge on any atom is 0.263 e. The highest BCUT2D eigenvalue weighted by Gasteiger charge is 2.28. The van der Waals surface area contributed by atoms with Gasteiger partial charge in [-0.2, -0.15) is 0 Å². The number of fused-ring (bicyclic) bond motifs is 1. The first-order valence-corrected chi connectivity index (χ1v) is 8.32. The summed E-state index contributed by atoms with van der Waals surface area (Å²) in [6.45, 7) is 0.517. The Kier molecular flexibility index (Phi) is 4.10. The van der Waals surface area contributed by atoms with Gasteiger partial charge in [-0.3, -0.25) is 9.59 Å². The highest BCUT2D eigenvalue weighted by atomic mass is 19.1. The van der Waals surface area contributed by atoms with Gasteiger partial charge in [-0.25, -0.2) is 13.8 Å². The molecule has 8 heteroatoms. The number of pyridine rings is 1. The molecule has 4 rings (SSSR count). The van der Waals surface area contributed by atoms with E-state index in [0.29, 0.717) is 24.4 Å². The third kappa shape index (κ3) is 3.14. The monoisotopic (exact) mass is 371 g/mol. The first-order valence-electron chi connectivity index (χ1n) is 8.32. The molecule has 0 saturated heterocycles. The van der Waals surface area contributed by atoms with Gasteiger partial charge in [-0.15, -0.1) is 0 Å². The lowest BCUT2D eigenvalue weighted by Crippen LogP contribution is -2.39. The number of benzene rings is 1. The zero-order valence-corrected chi connectivity index (χ0v) is 14.4. The molecule has 0 radical (unpaired) electrons. The van der Waals surface area contributed by atoms with Crippen LogP contribution in [0.3, 0.4) is 0 Å². The number of hydrogen-bond acceptors (Lipinski definition) is 4. The number of amides is 1. The van der Waals surface area contributed by atoms with Crippen LogP contribution in [0.1, 0.15) is 21.8 Å². The molecule has 1 amide bonds. The van der Waals surface area contributed by atoms with E-state index in [1.54, 1.807) is 19.3 Å². The van der Waals surface area contributed by atoms with Crippen LogP contribution in [0, 0.1) is 11.6 Å². The molecule has 1 aliphatic rings. The number of rotatable bonds is 2. The summed E-state index contributed by atoms with van der Waals surface area (Å²) in [5.74, 6) is -1.16. The highest BCUT2D eigenvalue weighted by molar-refractivity contribution is 5.93. The molecule has 2 aromatic heterocycles. The summed E-state index contributed by atoms with van der Waals surface area (Å²) in [5.41, 5.74) is 0.419. The first kappa shape index (κ1) is 17.1. The maximum atomic E-state index is 13.4. The third-order valence-corrected chi connectivity index (χ3v) is 4.48. The third-order valence-electron chi connectivity index (χ3n) is 4.48. The molecule has 0 atom stereocenters. The molecule has 3 aromatic rings. The van der Waals surface area contributed by atoms with E-state index < -0.39 is 11.6 Å². The SMILES string of the molecule is Cn1cccc(C(=O)N2CCc3oc(-c4cc(F)cc(F)c4)nc3C2)c1=O. The summed E-state index contributed by atoms with van der Waals surface area (Å²) in [7, 11) is 1.58. The highest BCUT2D eigenvalue weighted by Crippen LogP contribution is 2.27. The molecule has 0 spiro atoms. The topological polar surface area (TPSA) is 68.3 Å². The molecule has 27 heavy (non-hydrogen) atoms. The van der Waals surface area contributed by atoms with E-state index >= 15 is 0 Å². The Labute approximate surface area is 152 Å². The van der Waals surface area contributed by atoms with Gasteiger partial charge in [-0.1, -0.05) is 0 Å². The molecule has 0 N–H and O–H groups in total. The maximum absolute atomic E-state index is 13.4. The molecule has 138 valence electrons. The van der Waals surface area contributed by atoms with Gasteiger partial charge in [0.05, 0.1) is 6.54 Å². The van der Waals surface area contributed by atoms with Gasteiger partial charge in [0, 0.05) is 37.8 Å². The second-order valence-electron chi connectivity index (χ2n) is 6.36. The standard InChI is InChI=1S/C19H15F2N3O3/c1-23-5-2-3-14(18(23)25)19(26)24-6-4-16-15(10-24)22-17(27-16)11-7-12(20)9-13(21)8-11/h2-3,5,7-9H,4,6,10H2,1H3. The summed E-state index contributed by atoms with van der Waals surface area (Å²) >= 11 is 0. The van der Waals surface area contributed by atoms with Gasteiger partial charge in [0.1, 0.15) is 28.7 Å². The minimum Gasteiger partial charge on any atom is -0.441 e. The van der Waals surface area contributed by atoms with Gasteiger partial charge in [0.25, 0.3) is 11.5 Å². The fraction of sp³-hybridized carbons (Fsp3) is 0.211. The van der Waals surface area contributed by atoms with Crippen LogP contribution >= 0.6 is 0 Å². The molecular formula is C19H15F2N3O3. The zero-order chi connectivity index (χ0) is 19.1. The second-order valence-corrected chi connectivity index (χ2v) is 6.36. The first-order chi connectivity index (χ1) is 12.9. The largest absolute Gasteiger partial charge is 0.441 e. The number of carbonyl (C=O) groups excluding carboxylic acids is 1. The second kappa shape index (κ2) is 6.46. The number of oxazole rings is 1. The average Bonchev–Trinajstić information content (AvgIpc) is 3.06. The van der Waals surface area contributed by atoms with Crippen molar-refractivity contribution in [2.24, 2.45) is 7.05 Å². The normalized spacial score (nSPS) is 13.5. The number of aromatic nitrogens is 2. The van der Waals surface area contributed by atoms with E-state index in [9.17, 15) is 18.4 Å². The van der Waals surface area contributed by atoms with E-state index in [-0.39, 0.29) is 35.0 Å². The molecule has 1 aromatic carbocycles. The number of carbonyl (C=O) groups is 1. The molecular weight excluding hydrogens is 356 g/mol. The molecule has 3 heterocycles. The van der Waals surface area contributed by atoms with Crippen molar-refractivity contribution in [3.63, 3.8) is 0 Å². The number of halogens is 2. The molecule has 0 saturated carbocycles. The molecule has 6 nitrogen and oxygen atoms in total. The molecule has 0 fully saturated rings. The smallest absolute Gasteiger partial charge is 0.263 e. The predicted octanol–water partition coefficient (Wildman–Crippen LogP) is 2.52. The van der Waals surface area contributed by atoms with Crippen LogP contribution in [-0.2, 0) is 20.0 Å². The van der Waals surface area contributed by atoms with Crippen molar-refractivity contribution in [1.29, 1.82) is 0 Å². The Morgan fingerprint density at radius 3 is 2.70 bits per heavy atom. The Morgan fingerprint density at radius 2 is 1.96 bits per heavy atom. The van der Waals surface area contributed by atoms with E-state index in [1.165, 1.54) is 15.5 Å². The molecule has 1 aliphatic heterocycles. The van der Waals surface area contributed by atoms with Crippen molar-refractivity contribution >= 4 is 5.91 Å². The van der Waals surface area contributed by atoms with Crippen molar-refractivity contribution in [2.45, 2.75) is 13.0 Å². The average molecular weight is 371 g/mol. The summed E-state index contributed by atoms with van der Waals surface area (Å²) in [4.78, 5) is 30.7. The quantitative estimate of drug-likeness (QED) is 0.694. The van der Waals surface area contributed by atoms with Gasteiger partial charge in [-0.05, 0) is 24.3 Å². The number of aryl methyl sites for hydroxylation is 1. The lowest BCUT2D eigenvalue weighted by molar-refractivity contribution is 0.0725. The van der Waals surface area contributed by atoms with Crippen molar-refractivity contribution < 1.29 is 18.0 Å². The van der Waals surface area contributed by atoms with Crippen LogP contribution in [0.5, 0.6) is 0 Å². The fourth-order valence-corrected chi connectivity index (χ4v) is 3.10. The summed E-state index contributed by atoms with van der Waals surface area (Å²) in [5, 5.41) is 0.